The maximum Gasteiger partial charge on any atom is 0.241 e. The van der Waals surface area contributed by atoms with Gasteiger partial charge in [-0.25, -0.2) is 13.1 Å². The van der Waals surface area contributed by atoms with Crippen molar-refractivity contribution in [3.63, 3.8) is 0 Å². The number of rotatable bonds is 5. The molecule has 1 heterocycles. The van der Waals surface area contributed by atoms with Crippen LogP contribution < -0.4 is 4.72 Å². The first-order valence-electron chi connectivity index (χ1n) is 5.98. The second-order valence-electron chi connectivity index (χ2n) is 4.29. The highest BCUT2D eigenvalue weighted by atomic mass is 35.5. The normalized spacial score (nSPS) is 13.6. The van der Waals surface area contributed by atoms with Crippen molar-refractivity contribution in [1.82, 2.24) is 9.71 Å². The number of hydrogen-bond donors (Lipinski definition) is 1. The highest BCUT2D eigenvalue weighted by Crippen LogP contribution is 2.20. The molecule has 1 atom stereocenters. The maximum atomic E-state index is 12.2. The molecule has 0 saturated carbocycles. The number of pyridine rings is 1. The fourth-order valence-corrected chi connectivity index (χ4v) is 3.15. The third kappa shape index (κ3) is 3.43. The zero-order valence-electron chi connectivity index (χ0n) is 10.5. The fourth-order valence-electron chi connectivity index (χ4n) is 1.78. The molecule has 0 bridgehead atoms. The Morgan fingerprint density at radius 2 is 2.11 bits per heavy atom. The van der Waals surface area contributed by atoms with Crippen LogP contribution in [-0.2, 0) is 10.0 Å². The minimum Gasteiger partial charge on any atom is -0.256 e. The van der Waals surface area contributed by atoms with Crippen molar-refractivity contribution >= 4 is 32.5 Å². The number of fused-ring (bicyclic) bond motifs is 1. The second-order valence-corrected chi connectivity index (χ2v) is 6.77. The first kappa shape index (κ1) is 14.2. The molecule has 0 aliphatic rings. The molecule has 0 aliphatic carbocycles. The molecule has 1 aromatic carbocycles. The average Bonchev–Trinajstić information content (AvgIpc) is 2.37. The zero-order chi connectivity index (χ0) is 13.9. The van der Waals surface area contributed by atoms with E-state index in [9.17, 15) is 8.42 Å². The standard InChI is InChI=1S/C13H15ClN2O2S/c1-10(14)7-9-16-19(17,18)13-6-2-5-12-11(13)4-3-8-15-12/h2-6,8,10,16H,7,9H2,1H3. The summed E-state index contributed by atoms with van der Waals surface area (Å²) < 4.78 is 27.1. The monoisotopic (exact) mass is 298 g/mol. The van der Waals surface area contributed by atoms with Gasteiger partial charge in [0.25, 0.3) is 0 Å². The lowest BCUT2D eigenvalue weighted by Gasteiger charge is -2.09. The lowest BCUT2D eigenvalue weighted by molar-refractivity contribution is 0.579. The first-order valence-corrected chi connectivity index (χ1v) is 7.90. The Morgan fingerprint density at radius 3 is 2.84 bits per heavy atom. The van der Waals surface area contributed by atoms with Gasteiger partial charge in [0.2, 0.25) is 10.0 Å². The quantitative estimate of drug-likeness (QED) is 0.863. The number of sulfonamides is 1. The smallest absolute Gasteiger partial charge is 0.241 e. The molecule has 102 valence electrons. The number of nitrogens with zero attached hydrogens (tertiary/aromatic N) is 1. The SMILES string of the molecule is CC(Cl)CCNS(=O)(=O)c1cccc2ncccc12. The number of alkyl halides is 1. The third-order valence-corrected chi connectivity index (χ3v) is 4.47. The van der Waals surface area contributed by atoms with Gasteiger partial charge in [0.05, 0.1) is 10.4 Å². The summed E-state index contributed by atoms with van der Waals surface area (Å²) in [7, 11) is -3.53. The van der Waals surface area contributed by atoms with Gasteiger partial charge in [-0.1, -0.05) is 6.07 Å². The van der Waals surface area contributed by atoms with E-state index in [0.717, 1.165) is 0 Å². The van der Waals surface area contributed by atoms with Crippen LogP contribution >= 0.6 is 11.6 Å². The average molecular weight is 299 g/mol. The van der Waals surface area contributed by atoms with Crippen LogP contribution in [0.4, 0.5) is 0 Å². The van der Waals surface area contributed by atoms with E-state index in [1.165, 1.54) is 0 Å². The molecule has 1 aromatic heterocycles. The Labute approximate surface area is 117 Å². The van der Waals surface area contributed by atoms with Crippen molar-refractivity contribution in [2.75, 3.05) is 6.54 Å². The largest absolute Gasteiger partial charge is 0.256 e. The van der Waals surface area contributed by atoms with Crippen molar-refractivity contribution in [3.05, 3.63) is 36.5 Å². The van der Waals surface area contributed by atoms with Gasteiger partial charge in [-0.15, -0.1) is 11.6 Å². The minimum absolute atomic E-state index is 0.0584. The van der Waals surface area contributed by atoms with Crippen LogP contribution in [0.5, 0.6) is 0 Å². The van der Waals surface area contributed by atoms with Gasteiger partial charge in [-0.05, 0) is 37.6 Å². The topological polar surface area (TPSA) is 59.1 Å². The summed E-state index contributed by atoms with van der Waals surface area (Å²) in [5, 5.41) is 0.563. The summed E-state index contributed by atoms with van der Waals surface area (Å²) in [5.74, 6) is 0. The molecule has 1 unspecified atom stereocenters. The molecule has 0 aliphatic heterocycles. The minimum atomic E-state index is -3.53. The predicted molar refractivity (Wildman–Crippen MR) is 76.9 cm³/mol. The van der Waals surface area contributed by atoms with Crippen molar-refractivity contribution in [3.8, 4) is 0 Å². The van der Waals surface area contributed by atoms with Gasteiger partial charge in [0.15, 0.2) is 0 Å². The molecule has 0 saturated heterocycles. The van der Waals surface area contributed by atoms with Gasteiger partial charge in [-0.2, -0.15) is 0 Å². The molecule has 2 rings (SSSR count). The Morgan fingerprint density at radius 1 is 1.32 bits per heavy atom. The molecule has 0 radical (unpaired) electrons. The van der Waals surface area contributed by atoms with Gasteiger partial charge in [-0.3, -0.25) is 4.98 Å². The maximum absolute atomic E-state index is 12.2. The number of benzene rings is 1. The lowest BCUT2D eigenvalue weighted by atomic mass is 10.2. The summed E-state index contributed by atoms with van der Waals surface area (Å²) in [6.45, 7) is 2.15. The van der Waals surface area contributed by atoms with Crippen molar-refractivity contribution in [1.29, 1.82) is 0 Å². The van der Waals surface area contributed by atoms with E-state index in [2.05, 4.69) is 9.71 Å². The van der Waals surface area contributed by atoms with E-state index in [4.69, 9.17) is 11.6 Å². The fraction of sp³-hybridized carbons (Fsp3) is 0.308. The van der Waals surface area contributed by atoms with E-state index < -0.39 is 10.0 Å². The molecular weight excluding hydrogens is 284 g/mol. The van der Waals surface area contributed by atoms with Gasteiger partial charge in [0, 0.05) is 23.5 Å². The highest BCUT2D eigenvalue weighted by Gasteiger charge is 2.16. The molecule has 0 fully saturated rings. The number of halogens is 1. The summed E-state index contributed by atoms with van der Waals surface area (Å²) in [6, 6.07) is 8.53. The van der Waals surface area contributed by atoms with E-state index in [1.807, 2.05) is 6.92 Å². The van der Waals surface area contributed by atoms with Gasteiger partial charge < -0.3 is 0 Å². The first-order chi connectivity index (χ1) is 9.00. The Bertz CT molecular complexity index is 666. The molecule has 6 heteroatoms. The summed E-state index contributed by atoms with van der Waals surface area (Å²) in [5.41, 5.74) is 0.663. The third-order valence-electron chi connectivity index (χ3n) is 2.73. The van der Waals surface area contributed by atoms with Crippen molar-refractivity contribution in [2.45, 2.75) is 23.6 Å². The molecule has 4 nitrogen and oxygen atoms in total. The number of nitrogens with one attached hydrogen (secondary N) is 1. The van der Waals surface area contributed by atoms with Crippen LogP contribution in [0.3, 0.4) is 0 Å². The number of hydrogen-bond acceptors (Lipinski definition) is 3. The van der Waals surface area contributed by atoms with Crippen LogP contribution in [-0.4, -0.2) is 25.3 Å². The van der Waals surface area contributed by atoms with Crippen LogP contribution in [0.1, 0.15) is 13.3 Å². The predicted octanol–water partition coefficient (Wildman–Crippen LogP) is 2.53. The summed E-state index contributed by atoms with van der Waals surface area (Å²) in [4.78, 5) is 4.40. The van der Waals surface area contributed by atoms with Crippen LogP contribution in [0.2, 0.25) is 0 Å². The molecule has 2 aromatic rings. The molecule has 0 amide bonds. The molecule has 0 spiro atoms. The Kier molecular flexibility index (Phi) is 4.39. The lowest BCUT2D eigenvalue weighted by Crippen LogP contribution is -2.26. The highest BCUT2D eigenvalue weighted by molar-refractivity contribution is 7.89. The van der Waals surface area contributed by atoms with E-state index in [-0.39, 0.29) is 10.3 Å². The molecular formula is C13H15ClN2O2S. The Hall–Kier alpha value is -1.17. The van der Waals surface area contributed by atoms with E-state index >= 15 is 0 Å². The van der Waals surface area contributed by atoms with E-state index in [0.29, 0.717) is 23.9 Å². The Balaban J connectivity index is 2.33. The molecule has 1 N–H and O–H groups in total. The van der Waals surface area contributed by atoms with Crippen LogP contribution in [0.15, 0.2) is 41.4 Å². The van der Waals surface area contributed by atoms with Gasteiger partial charge in [0.1, 0.15) is 0 Å². The van der Waals surface area contributed by atoms with Crippen LogP contribution in [0, 0.1) is 0 Å². The van der Waals surface area contributed by atoms with E-state index in [1.54, 1.807) is 36.5 Å². The van der Waals surface area contributed by atoms with Crippen LogP contribution in [0.25, 0.3) is 10.9 Å². The van der Waals surface area contributed by atoms with Crippen molar-refractivity contribution < 1.29 is 8.42 Å². The van der Waals surface area contributed by atoms with Crippen molar-refractivity contribution in [2.24, 2.45) is 0 Å². The number of aromatic nitrogens is 1. The van der Waals surface area contributed by atoms with Gasteiger partial charge >= 0.3 is 0 Å². The zero-order valence-corrected chi connectivity index (χ0v) is 12.1. The summed E-state index contributed by atoms with van der Waals surface area (Å²) in [6.07, 6.45) is 2.23. The summed E-state index contributed by atoms with van der Waals surface area (Å²) >= 11 is 5.80. The second kappa shape index (κ2) is 5.86. The molecule has 19 heavy (non-hydrogen) atoms.